The molecule has 1 aromatic heterocycles. The van der Waals surface area contributed by atoms with Crippen LogP contribution in [0.5, 0.6) is 0 Å². The van der Waals surface area contributed by atoms with Gasteiger partial charge in [-0.25, -0.2) is 4.79 Å². The van der Waals surface area contributed by atoms with E-state index in [1.54, 1.807) is 12.1 Å². The predicted molar refractivity (Wildman–Crippen MR) is 129 cm³/mol. The van der Waals surface area contributed by atoms with Crippen LogP contribution in [-0.2, 0) is 0 Å². The number of benzene rings is 3. The van der Waals surface area contributed by atoms with Crippen LogP contribution in [0.3, 0.4) is 0 Å². The van der Waals surface area contributed by atoms with Gasteiger partial charge in [-0.3, -0.25) is 4.79 Å². The van der Waals surface area contributed by atoms with Gasteiger partial charge in [-0.2, -0.15) is 10.5 Å². The van der Waals surface area contributed by atoms with Crippen LogP contribution in [0.2, 0.25) is 0 Å². The van der Waals surface area contributed by atoms with Crippen molar-refractivity contribution in [2.24, 2.45) is 0 Å². The Morgan fingerprint density at radius 3 is 2.34 bits per heavy atom. The minimum Gasteiger partial charge on any atom is -0.455 e. The summed E-state index contributed by atoms with van der Waals surface area (Å²) >= 11 is 0. The van der Waals surface area contributed by atoms with Gasteiger partial charge < -0.3 is 15.1 Å². The van der Waals surface area contributed by atoms with Gasteiger partial charge in [0.1, 0.15) is 23.5 Å². The first kappa shape index (κ1) is 21.7. The second kappa shape index (κ2) is 8.66. The molecule has 7 heteroatoms. The van der Waals surface area contributed by atoms with Gasteiger partial charge in [-0.05, 0) is 18.6 Å². The summed E-state index contributed by atoms with van der Waals surface area (Å²) in [5, 5.41) is 25.0. The fourth-order valence-corrected chi connectivity index (χ4v) is 4.19. The van der Waals surface area contributed by atoms with Crippen molar-refractivity contribution in [1.29, 1.82) is 10.5 Å². The van der Waals surface area contributed by atoms with E-state index in [4.69, 9.17) is 4.42 Å². The third kappa shape index (κ3) is 3.82. The topological polar surface area (TPSA) is 119 Å². The Kier molecular flexibility index (Phi) is 5.37. The van der Waals surface area contributed by atoms with Crippen LogP contribution in [0.1, 0.15) is 50.0 Å². The van der Waals surface area contributed by atoms with Crippen LogP contribution in [0.15, 0.2) is 77.3 Å². The van der Waals surface area contributed by atoms with E-state index >= 15 is 0 Å². The number of carbonyl (C=O) groups is 2. The second-order valence-corrected chi connectivity index (χ2v) is 8.18. The van der Waals surface area contributed by atoms with Gasteiger partial charge >= 0.3 is 6.03 Å². The Morgan fingerprint density at radius 1 is 0.971 bits per heavy atom. The molecule has 1 unspecified atom stereocenters. The molecule has 0 radical (unpaired) electrons. The van der Waals surface area contributed by atoms with Crippen molar-refractivity contribution in [2.45, 2.75) is 13.0 Å². The number of rotatable bonds is 4. The summed E-state index contributed by atoms with van der Waals surface area (Å²) in [6, 6.07) is 22.5. The number of nitrogens with zero attached hydrogens (tertiary/aromatic N) is 2. The number of carbonyl (C=O) groups excluding carboxylic acids is 2. The van der Waals surface area contributed by atoms with Crippen molar-refractivity contribution < 1.29 is 14.0 Å². The maximum atomic E-state index is 13.8. The number of furan rings is 1. The highest BCUT2D eigenvalue weighted by atomic mass is 16.3. The third-order valence-corrected chi connectivity index (χ3v) is 5.95. The number of nitriles is 2. The zero-order valence-corrected chi connectivity index (χ0v) is 18.6. The van der Waals surface area contributed by atoms with Crippen LogP contribution in [0.25, 0.3) is 16.5 Å². The van der Waals surface area contributed by atoms with Crippen molar-refractivity contribution in [2.75, 3.05) is 0 Å². The number of nitrogens with one attached hydrogen (secondary N) is 2. The van der Waals surface area contributed by atoms with E-state index < -0.39 is 6.04 Å². The number of hydrogen-bond acceptors (Lipinski definition) is 5. The lowest BCUT2D eigenvalue weighted by molar-refractivity contribution is 0.103. The highest BCUT2D eigenvalue weighted by Gasteiger charge is 2.32. The number of ketones is 1. The van der Waals surface area contributed by atoms with Crippen LogP contribution in [0, 0.1) is 29.6 Å². The maximum absolute atomic E-state index is 13.8. The standard InChI is InChI=1S/C28H18N4O3/c1-16-7-9-18(10-8-16)26(33)24-21-11-19(13-29)20(14-30)12-23(21)35-27(24)22-15-31-28(34)32-25(22)17-5-3-2-4-6-17/h2-12,15,25H,1H3,(H2,31,32,34). The summed E-state index contributed by atoms with van der Waals surface area (Å²) in [7, 11) is 0. The number of hydrogen-bond donors (Lipinski definition) is 2. The highest BCUT2D eigenvalue weighted by Crippen LogP contribution is 2.39. The van der Waals surface area contributed by atoms with E-state index in [1.165, 1.54) is 18.3 Å². The Labute approximate surface area is 200 Å². The molecule has 0 saturated heterocycles. The summed E-state index contributed by atoms with van der Waals surface area (Å²) in [4.78, 5) is 26.0. The van der Waals surface area contributed by atoms with E-state index in [9.17, 15) is 20.1 Å². The highest BCUT2D eigenvalue weighted by molar-refractivity contribution is 6.19. The Bertz CT molecular complexity index is 1600. The molecule has 0 saturated carbocycles. The molecule has 4 aromatic rings. The summed E-state index contributed by atoms with van der Waals surface area (Å²) in [5.74, 6) is -0.0390. The smallest absolute Gasteiger partial charge is 0.319 e. The number of fused-ring (bicyclic) bond motifs is 1. The van der Waals surface area contributed by atoms with Gasteiger partial charge in [-0.1, -0.05) is 60.2 Å². The average Bonchev–Trinajstić information content (AvgIpc) is 3.26. The maximum Gasteiger partial charge on any atom is 0.319 e. The lowest BCUT2D eigenvalue weighted by atomic mass is 9.90. The summed E-state index contributed by atoms with van der Waals surface area (Å²) in [6.07, 6.45) is 1.52. The molecule has 168 valence electrons. The largest absolute Gasteiger partial charge is 0.455 e. The SMILES string of the molecule is Cc1ccc(C(=O)c2c(C3=CNC(=O)NC3c3ccccc3)oc3cc(C#N)c(C#N)cc23)cc1. The lowest BCUT2D eigenvalue weighted by Crippen LogP contribution is -2.40. The molecule has 0 bridgehead atoms. The van der Waals surface area contributed by atoms with Gasteiger partial charge in [0.2, 0.25) is 0 Å². The van der Waals surface area contributed by atoms with Crippen LogP contribution in [0.4, 0.5) is 4.79 Å². The number of aryl methyl sites for hydroxylation is 1. The lowest BCUT2D eigenvalue weighted by Gasteiger charge is -2.25. The molecular weight excluding hydrogens is 440 g/mol. The molecule has 7 nitrogen and oxygen atoms in total. The zero-order valence-electron chi connectivity index (χ0n) is 18.6. The van der Waals surface area contributed by atoms with E-state index in [0.29, 0.717) is 22.1 Å². The molecule has 2 heterocycles. The first-order chi connectivity index (χ1) is 17.0. The quantitative estimate of drug-likeness (QED) is 0.412. The van der Waals surface area contributed by atoms with Crippen LogP contribution in [-0.4, -0.2) is 11.8 Å². The minimum atomic E-state index is -0.582. The first-order valence-corrected chi connectivity index (χ1v) is 10.8. The average molecular weight is 458 g/mol. The van der Waals surface area contributed by atoms with Gasteiger partial charge in [-0.15, -0.1) is 0 Å². The molecular formula is C28H18N4O3. The fraction of sp³-hybridized carbons (Fsp3) is 0.0714. The Hall–Kier alpha value is -5.14. The molecule has 35 heavy (non-hydrogen) atoms. The van der Waals surface area contributed by atoms with Crippen molar-refractivity contribution >= 4 is 28.4 Å². The van der Waals surface area contributed by atoms with E-state index in [-0.39, 0.29) is 34.3 Å². The first-order valence-electron chi connectivity index (χ1n) is 10.8. The van der Waals surface area contributed by atoms with Crippen LogP contribution < -0.4 is 10.6 Å². The van der Waals surface area contributed by atoms with Crippen LogP contribution >= 0.6 is 0 Å². The summed E-state index contributed by atoms with van der Waals surface area (Å²) in [5.41, 5.74) is 3.66. The zero-order chi connectivity index (χ0) is 24.5. The van der Waals surface area contributed by atoms with E-state index in [2.05, 4.69) is 10.6 Å². The molecule has 1 atom stereocenters. The molecule has 2 amide bonds. The molecule has 0 fully saturated rings. The Balaban J connectivity index is 1.78. The predicted octanol–water partition coefficient (Wildman–Crippen LogP) is 5.11. The molecule has 2 N–H and O–H groups in total. The van der Waals surface area contributed by atoms with E-state index in [1.807, 2.05) is 61.5 Å². The van der Waals surface area contributed by atoms with E-state index in [0.717, 1.165) is 11.1 Å². The molecule has 5 rings (SSSR count). The Morgan fingerprint density at radius 2 is 1.66 bits per heavy atom. The van der Waals surface area contributed by atoms with Gasteiger partial charge in [0.05, 0.1) is 22.7 Å². The fourth-order valence-electron chi connectivity index (χ4n) is 4.19. The minimum absolute atomic E-state index is 0.147. The summed E-state index contributed by atoms with van der Waals surface area (Å²) < 4.78 is 6.19. The molecule has 1 aliphatic heterocycles. The molecule has 0 spiro atoms. The van der Waals surface area contributed by atoms with Crippen molar-refractivity contribution in [3.63, 3.8) is 0 Å². The van der Waals surface area contributed by atoms with Gasteiger partial charge in [0.15, 0.2) is 5.78 Å². The number of amides is 2. The normalized spacial score (nSPS) is 14.9. The number of urea groups is 1. The van der Waals surface area contributed by atoms with Crippen molar-refractivity contribution in [1.82, 2.24) is 10.6 Å². The second-order valence-electron chi connectivity index (χ2n) is 8.18. The van der Waals surface area contributed by atoms with Crippen molar-refractivity contribution in [3.8, 4) is 12.1 Å². The van der Waals surface area contributed by atoms with Gasteiger partial charge in [0.25, 0.3) is 0 Å². The van der Waals surface area contributed by atoms with Crippen molar-refractivity contribution in [3.05, 3.63) is 112 Å². The van der Waals surface area contributed by atoms with Gasteiger partial charge in [0, 0.05) is 28.8 Å². The molecule has 1 aliphatic rings. The third-order valence-electron chi connectivity index (χ3n) is 5.95. The monoisotopic (exact) mass is 458 g/mol. The molecule has 3 aromatic carbocycles. The summed E-state index contributed by atoms with van der Waals surface area (Å²) in [6.45, 7) is 1.93. The molecule has 0 aliphatic carbocycles.